The van der Waals surface area contributed by atoms with E-state index in [0.29, 0.717) is 12.0 Å². The second-order valence-corrected chi connectivity index (χ2v) is 7.25. The number of thioether (sulfide) groups is 1. The van der Waals surface area contributed by atoms with Gasteiger partial charge in [-0.15, -0.1) is 10.2 Å². The summed E-state index contributed by atoms with van der Waals surface area (Å²) < 4.78 is 33.1. The molecule has 25 heavy (non-hydrogen) atoms. The van der Waals surface area contributed by atoms with Crippen molar-refractivity contribution in [3.63, 3.8) is 0 Å². The first-order valence-electron chi connectivity index (χ1n) is 7.20. The third-order valence-electron chi connectivity index (χ3n) is 3.35. The van der Waals surface area contributed by atoms with Gasteiger partial charge in [-0.25, -0.2) is 8.78 Å². The predicted octanol–water partition coefficient (Wildman–Crippen LogP) is 5.14. The van der Waals surface area contributed by atoms with Crippen LogP contribution in [0, 0.1) is 11.6 Å². The normalized spacial score (nSPS) is 12.2. The Balaban J connectivity index is 1.76. The molecule has 1 unspecified atom stereocenters. The molecule has 0 spiro atoms. The fourth-order valence-electron chi connectivity index (χ4n) is 2.11. The molecule has 0 aliphatic rings. The molecule has 0 fully saturated rings. The fraction of sp³-hybridized carbons (Fsp3) is 0.118. The first kappa shape index (κ1) is 17.8. The van der Waals surface area contributed by atoms with E-state index in [-0.39, 0.29) is 10.8 Å². The monoisotopic (exact) mass is 424 g/mol. The second-order valence-electron chi connectivity index (χ2n) is 5.10. The van der Waals surface area contributed by atoms with Crippen LogP contribution in [0.4, 0.5) is 8.78 Å². The topological polar surface area (TPSA) is 56.0 Å². The molecule has 1 aromatic heterocycles. The summed E-state index contributed by atoms with van der Waals surface area (Å²) in [5.41, 5.74) is 0.553. The van der Waals surface area contributed by atoms with Crippen molar-refractivity contribution in [2.45, 2.75) is 17.4 Å². The average molecular weight is 425 g/mol. The van der Waals surface area contributed by atoms with Gasteiger partial charge >= 0.3 is 0 Å². The van der Waals surface area contributed by atoms with Gasteiger partial charge in [-0.3, -0.25) is 4.79 Å². The molecule has 1 atom stereocenters. The van der Waals surface area contributed by atoms with Gasteiger partial charge in [0, 0.05) is 10.5 Å². The Kier molecular flexibility index (Phi) is 5.29. The number of carbonyl (C=O) groups is 1. The van der Waals surface area contributed by atoms with Crippen LogP contribution >= 0.6 is 27.7 Å². The standard InChI is InChI=1S/C17H11BrF2N2O2S/c1-9(15(23)12-7-6-10(19)8-14(12)20)25-17-22-21-16(24-17)11-4-2-3-5-13(11)18/h2-9H,1H3. The number of nitrogens with zero attached hydrogens (tertiary/aromatic N) is 2. The molecule has 4 nitrogen and oxygen atoms in total. The highest BCUT2D eigenvalue weighted by Gasteiger charge is 2.23. The van der Waals surface area contributed by atoms with E-state index in [2.05, 4.69) is 26.1 Å². The maximum Gasteiger partial charge on any atom is 0.277 e. The molecule has 1 heterocycles. The van der Waals surface area contributed by atoms with Crippen LogP contribution in [-0.4, -0.2) is 21.2 Å². The number of Topliss-reactive ketones (excluding diaryl/α,β-unsaturated/α-hetero) is 1. The van der Waals surface area contributed by atoms with Crippen molar-refractivity contribution in [3.8, 4) is 11.5 Å². The lowest BCUT2D eigenvalue weighted by Gasteiger charge is -2.08. The second kappa shape index (κ2) is 7.45. The van der Waals surface area contributed by atoms with Crippen molar-refractivity contribution in [2.75, 3.05) is 0 Å². The zero-order valence-corrected chi connectivity index (χ0v) is 15.3. The Labute approximate surface area is 154 Å². The lowest BCUT2D eigenvalue weighted by Crippen LogP contribution is -2.15. The zero-order valence-electron chi connectivity index (χ0n) is 12.9. The van der Waals surface area contributed by atoms with Crippen molar-refractivity contribution in [3.05, 3.63) is 64.1 Å². The van der Waals surface area contributed by atoms with E-state index in [1.54, 1.807) is 6.92 Å². The third kappa shape index (κ3) is 3.96. The number of hydrogen-bond donors (Lipinski definition) is 0. The van der Waals surface area contributed by atoms with Crippen LogP contribution < -0.4 is 0 Å². The van der Waals surface area contributed by atoms with Crippen molar-refractivity contribution < 1.29 is 18.0 Å². The van der Waals surface area contributed by atoms with Crippen LogP contribution in [0.25, 0.3) is 11.5 Å². The lowest BCUT2D eigenvalue weighted by atomic mass is 10.1. The number of ketones is 1. The summed E-state index contributed by atoms with van der Waals surface area (Å²) >= 11 is 4.41. The van der Waals surface area contributed by atoms with Crippen molar-refractivity contribution in [1.82, 2.24) is 10.2 Å². The van der Waals surface area contributed by atoms with E-state index in [0.717, 1.165) is 33.9 Å². The summed E-state index contributed by atoms with van der Waals surface area (Å²) in [6.07, 6.45) is 0. The predicted molar refractivity (Wildman–Crippen MR) is 93.4 cm³/mol. The number of benzene rings is 2. The molecule has 3 rings (SSSR count). The highest BCUT2D eigenvalue weighted by Crippen LogP contribution is 2.31. The molecule has 8 heteroatoms. The molecule has 0 amide bonds. The summed E-state index contributed by atoms with van der Waals surface area (Å²) in [4.78, 5) is 12.3. The van der Waals surface area contributed by atoms with E-state index < -0.39 is 22.7 Å². The Bertz CT molecular complexity index is 933. The summed E-state index contributed by atoms with van der Waals surface area (Å²) in [7, 11) is 0. The maximum absolute atomic E-state index is 13.7. The summed E-state index contributed by atoms with van der Waals surface area (Å²) in [6, 6.07) is 10.2. The molecule has 128 valence electrons. The van der Waals surface area contributed by atoms with Crippen LogP contribution in [0.2, 0.25) is 0 Å². The molecule has 0 N–H and O–H groups in total. The SMILES string of the molecule is CC(Sc1nnc(-c2ccccc2Br)o1)C(=O)c1ccc(F)cc1F. The zero-order chi connectivity index (χ0) is 18.0. The summed E-state index contributed by atoms with van der Waals surface area (Å²) in [5, 5.41) is 7.38. The first-order chi connectivity index (χ1) is 12.0. The van der Waals surface area contributed by atoms with E-state index in [4.69, 9.17) is 4.42 Å². The number of carbonyl (C=O) groups excluding carboxylic acids is 1. The van der Waals surface area contributed by atoms with Crippen LogP contribution in [0.3, 0.4) is 0 Å². The number of hydrogen-bond acceptors (Lipinski definition) is 5. The highest BCUT2D eigenvalue weighted by molar-refractivity contribution is 9.10. The van der Waals surface area contributed by atoms with Gasteiger partial charge < -0.3 is 4.42 Å². The molecule has 0 aliphatic heterocycles. The van der Waals surface area contributed by atoms with Gasteiger partial charge in [-0.1, -0.05) is 23.9 Å². The first-order valence-corrected chi connectivity index (χ1v) is 8.87. The van der Waals surface area contributed by atoms with Gasteiger partial charge in [0.15, 0.2) is 5.78 Å². The largest absolute Gasteiger partial charge is 0.411 e. The Morgan fingerprint density at radius 2 is 1.96 bits per heavy atom. The minimum atomic E-state index is -0.892. The molecule has 0 saturated carbocycles. The Morgan fingerprint density at radius 1 is 1.20 bits per heavy atom. The van der Waals surface area contributed by atoms with Crippen LogP contribution in [0.1, 0.15) is 17.3 Å². The van der Waals surface area contributed by atoms with Gasteiger partial charge in [0.2, 0.25) is 5.89 Å². The number of rotatable bonds is 5. The minimum Gasteiger partial charge on any atom is -0.411 e. The molecule has 0 aliphatic carbocycles. The molecule has 0 saturated heterocycles. The van der Waals surface area contributed by atoms with E-state index in [1.165, 1.54) is 0 Å². The van der Waals surface area contributed by atoms with Gasteiger partial charge in [-0.2, -0.15) is 0 Å². The lowest BCUT2D eigenvalue weighted by molar-refractivity contribution is 0.0989. The smallest absolute Gasteiger partial charge is 0.277 e. The average Bonchev–Trinajstić information content (AvgIpc) is 3.03. The van der Waals surface area contributed by atoms with Gasteiger partial charge in [0.1, 0.15) is 11.6 Å². The van der Waals surface area contributed by atoms with Gasteiger partial charge in [0.05, 0.1) is 16.4 Å². The maximum atomic E-state index is 13.7. The van der Waals surface area contributed by atoms with Crippen LogP contribution in [0.5, 0.6) is 0 Å². The van der Waals surface area contributed by atoms with Gasteiger partial charge in [-0.05, 0) is 47.1 Å². The quantitative estimate of drug-likeness (QED) is 0.419. The van der Waals surface area contributed by atoms with Crippen molar-refractivity contribution in [1.29, 1.82) is 0 Å². The summed E-state index contributed by atoms with van der Waals surface area (Å²) in [5.74, 6) is -1.80. The Morgan fingerprint density at radius 3 is 2.68 bits per heavy atom. The molecule has 2 aromatic carbocycles. The van der Waals surface area contributed by atoms with E-state index in [9.17, 15) is 13.6 Å². The van der Waals surface area contributed by atoms with E-state index in [1.807, 2.05) is 24.3 Å². The van der Waals surface area contributed by atoms with Crippen molar-refractivity contribution >= 4 is 33.5 Å². The Hall–Kier alpha value is -2.06. The van der Waals surface area contributed by atoms with Crippen LogP contribution in [-0.2, 0) is 0 Å². The highest BCUT2D eigenvalue weighted by atomic mass is 79.9. The number of aromatic nitrogens is 2. The summed E-state index contributed by atoms with van der Waals surface area (Å²) in [6.45, 7) is 1.60. The molecular weight excluding hydrogens is 414 g/mol. The number of halogens is 3. The molecular formula is C17H11BrF2N2O2S. The van der Waals surface area contributed by atoms with Crippen molar-refractivity contribution in [2.24, 2.45) is 0 Å². The molecule has 0 radical (unpaired) electrons. The van der Waals surface area contributed by atoms with Gasteiger partial charge in [0.25, 0.3) is 5.22 Å². The van der Waals surface area contributed by atoms with E-state index >= 15 is 0 Å². The van der Waals surface area contributed by atoms with Crippen LogP contribution in [0.15, 0.2) is 56.6 Å². The minimum absolute atomic E-state index is 0.174. The molecule has 3 aromatic rings. The third-order valence-corrected chi connectivity index (χ3v) is 4.98. The fourth-order valence-corrected chi connectivity index (χ4v) is 3.32. The molecule has 0 bridgehead atoms.